The van der Waals surface area contributed by atoms with Gasteiger partial charge < -0.3 is 11.1 Å². The Labute approximate surface area is 328 Å². The molecule has 0 spiro atoms. The first-order valence-electron chi connectivity index (χ1n) is 21.2. The fourth-order valence-corrected chi connectivity index (χ4v) is 9.93. The van der Waals surface area contributed by atoms with Gasteiger partial charge in [-0.15, -0.1) is 0 Å². The first-order chi connectivity index (χ1) is 27.2. The summed E-state index contributed by atoms with van der Waals surface area (Å²) in [6.07, 6.45) is 62.4. The maximum Gasteiger partial charge on any atom is 0.102 e. The average Bonchev–Trinajstić information content (AvgIpc) is 3.48. The minimum absolute atomic E-state index is 0.0620. The van der Waals surface area contributed by atoms with Crippen molar-refractivity contribution in [3.63, 3.8) is 0 Å². The SMILES string of the molecule is N[C@@H]1C2=C(C=CCC2)CC/C1=C1\CCC=C\C1=C/C1=CNC(C2=CC(C3=N[C@@H]4C5=C(C=CC4C=C3)CCC(C3\C=C/C=C/C=C\CCC3)=N5)CC=C2)CC=C1. The molecule has 55 heavy (non-hydrogen) atoms. The van der Waals surface area contributed by atoms with Gasteiger partial charge in [-0.3, -0.25) is 9.98 Å². The summed E-state index contributed by atoms with van der Waals surface area (Å²) in [6.45, 7) is 0. The van der Waals surface area contributed by atoms with Gasteiger partial charge in [0.15, 0.2) is 0 Å². The Morgan fingerprint density at radius 2 is 1.56 bits per heavy atom. The van der Waals surface area contributed by atoms with Crippen LogP contribution in [0.5, 0.6) is 0 Å². The van der Waals surface area contributed by atoms with Gasteiger partial charge >= 0.3 is 0 Å². The largest absolute Gasteiger partial charge is 0.383 e. The second-order valence-electron chi connectivity index (χ2n) is 16.5. The molecule has 0 saturated carbocycles. The summed E-state index contributed by atoms with van der Waals surface area (Å²) in [4.78, 5) is 11.0. The van der Waals surface area contributed by atoms with E-state index in [9.17, 15) is 0 Å². The van der Waals surface area contributed by atoms with Gasteiger partial charge in [0.1, 0.15) is 6.04 Å². The molecular weight excluding hydrogens is 669 g/mol. The molecule has 4 heteroatoms. The van der Waals surface area contributed by atoms with Gasteiger partial charge in [-0.25, -0.2) is 0 Å². The zero-order valence-corrected chi connectivity index (χ0v) is 32.3. The van der Waals surface area contributed by atoms with Gasteiger partial charge in [0, 0.05) is 41.4 Å². The summed E-state index contributed by atoms with van der Waals surface area (Å²) in [7, 11) is 0. The molecule has 3 aliphatic heterocycles. The van der Waals surface area contributed by atoms with Gasteiger partial charge in [0.25, 0.3) is 0 Å². The minimum atomic E-state index is 0.0620. The highest BCUT2D eigenvalue weighted by Crippen LogP contribution is 2.41. The van der Waals surface area contributed by atoms with Gasteiger partial charge in [-0.2, -0.15) is 0 Å². The number of nitrogens with zero attached hydrogens (tertiary/aromatic N) is 2. The summed E-state index contributed by atoms with van der Waals surface area (Å²) in [5, 5.41) is 3.81. The molecule has 0 saturated heterocycles. The molecule has 6 atom stereocenters. The number of hydrogen-bond acceptors (Lipinski definition) is 4. The van der Waals surface area contributed by atoms with Crippen LogP contribution in [0.1, 0.15) is 83.5 Å². The third kappa shape index (κ3) is 7.85. The topological polar surface area (TPSA) is 62.8 Å². The highest BCUT2D eigenvalue weighted by atomic mass is 14.9. The van der Waals surface area contributed by atoms with Crippen LogP contribution >= 0.6 is 0 Å². The Morgan fingerprint density at radius 1 is 0.691 bits per heavy atom. The average molecular weight is 725 g/mol. The van der Waals surface area contributed by atoms with E-state index in [0.717, 1.165) is 77.0 Å². The minimum Gasteiger partial charge on any atom is -0.383 e. The maximum absolute atomic E-state index is 6.98. The number of rotatable bonds is 4. The fourth-order valence-electron chi connectivity index (χ4n) is 9.93. The Bertz CT molecular complexity index is 2100. The van der Waals surface area contributed by atoms with Crippen LogP contribution in [0.4, 0.5) is 0 Å². The van der Waals surface area contributed by atoms with Crippen molar-refractivity contribution in [1.29, 1.82) is 0 Å². The van der Waals surface area contributed by atoms with E-state index >= 15 is 0 Å². The van der Waals surface area contributed by atoms with Crippen molar-refractivity contribution in [2.45, 2.75) is 102 Å². The Morgan fingerprint density at radius 3 is 2.55 bits per heavy atom. The number of nitrogens with one attached hydrogen (secondary N) is 1. The highest BCUT2D eigenvalue weighted by molar-refractivity contribution is 6.00. The van der Waals surface area contributed by atoms with Crippen LogP contribution in [0.25, 0.3) is 0 Å². The lowest BCUT2D eigenvalue weighted by molar-refractivity contribution is 0.606. The molecule has 0 aromatic carbocycles. The Balaban J connectivity index is 0.920. The number of dihydropyridines is 1. The number of allylic oxidation sites excluding steroid dienone is 21. The predicted molar refractivity (Wildman–Crippen MR) is 232 cm³/mol. The van der Waals surface area contributed by atoms with E-state index in [1.807, 2.05) is 0 Å². The quantitative estimate of drug-likeness (QED) is 0.303. The van der Waals surface area contributed by atoms with Crippen molar-refractivity contribution in [2.75, 3.05) is 0 Å². The summed E-state index contributed by atoms with van der Waals surface area (Å²) in [5.41, 5.74) is 21.9. The number of fused-ring (bicyclic) bond motifs is 2. The highest BCUT2D eigenvalue weighted by Gasteiger charge is 2.34. The van der Waals surface area contributed by atoms with Crippen LogP contribution in [0.2, 0.25) is 0 Å². The fraction of sp³-hybridized carbons (Fsp3) is 0.373. The smallest absolute Gasteiger partial charge is 0.102 e. The number of hydrogen-bond donors (Lipinski definition) is 2. The molecular formula is C51H56N4. The molecule has 0 fully saturated rings. The lowest BCUT2D eigenvalue weighted by Gasteiger charge is -2.33. The van der Waals surface area contributed by atoms with Crippen molar-refractivity contribution in [3.05, 3.63) is 178 Å². The van der Waals surface area contributed by atoms with Crippen LogP contribution in [-0.4, -0.2) is 29.5 Å². The van der Waals surface area contributed by atoms with Crippen LogP contribution in [0.15, 0.2) is 188 Å². The lowest BCUT2D eigenvalue weighted by atomic mass is 9.75. The zero-order valence-electron chi connectivity index (χ0n) is 32.3. The van der Waals surface area contributed by atoms with E-state index in [1.54, 1.807) is 0 Å². The molecule has 0 bridgehead atoms. The molecule has 4 nitrogen and oxygen atoms in total. The van der Waals surface area contributed by atoms with Crippen LogP contribution in [0.3, 0.4) is 0 Å². The first-order valence-corrected chi connectivity index (χ1v) is 21.2. The molecule has 4 unspecified atom stereocenters. The molecule has 0 aromatic rings. The third-order valence-electron chi connectivity index (χ3n) is 13.0. The van der Waals surface area contributed by atoms with Crippen molar-refractivity contribution in [3.8, 4) is 0 Å². The van der Waals surface area contributed by atoms with Gasteiger partial charge in [0.05, 0.1) is 11.7 Å². The summed E-state index contributed by atoms with van der Waals surface area (Å²) in [5.74, 6) is 0.929. The number of aliphatic imine (C=N–C) groups is 2. The molecule has 280 valence electrons. The molecule has 3 N–H and O–H groups in total. The van der Waals surface area contributed by atoms with Gasteiger partial charge in [-0.05, 0) is 140 Å². The molecule has 9 aliphatic rings. The third-order valence-corrected chi connectivity index (χ3v) is 13.0. The maximum atomic E-state index is 6.98. The standard InChI is InChI=1S/C51H56N4/c52-49-44-22-11-8-15-36(44)26-29-45(49)43-21-10-9-18-40(43)32-35-14-12-23-46(53-34-35)41-19-13-20-42(33-41)48-31-28-39-25-24-38-27-30-47(54-50(38)51(39)55-48)37-16-6-4-2-1-3-5-7-17-37/h1-4,6,8-9,12-16,18-19,24-25,28,31-34,37,39,42,46,49,51,53H,5,7,10-11,17,20-23,26-27,29-30,52H2/b3-1-,4-2+,16-6-,40-32+,45-43-/t37?,39?,42?,46?,49-,51+/m1/s1. The van der Waals surface area contributed by atoms with E-state index in [2.05, 4.69) is 133 Å². The molecule has 6 aliphatic carbocycles. The van der Waals surface area contributed by atoms with Crippen LogP contribution < -0.4 is 11.1 Å². The second kappa shape index (κ2) is 16.5. The Kier molecular flexibility index (Phi) is 10.8. The zero-order chi connectivity index (χ0) is 37.0. The van der Waals surface area contributed by atoms with E-state index in [4.69, 9.17) is 15.7 Å². The lowest BCUT2D eigenvalue weighted by Crippen LogP contribution is -2.31. The molecule has 0 aromatic heterocycles. The first kappa shape index (κ1) is 35.9. The van der Waals surface area contributed by atoms with E-state index < -0.39 is 0 Å². The van der Waals surface area contributed by atoms with E-state index in [-0.39, 0.29) is 30.0 Å². The van der Waals surface area contributed by atoms with E-state index in [1.165, 1.54) is 68.1 Å². The second-order valence-corrected chi connectivity index (χ2v) is 16.5. The number of nitrogens with two attached hydrogens (primary N) is 1. The monoisotopic (exact) mass is 724 g/mol. The predicted octanol–water partition coefficient (Wildman–Crippen LogP) is 11.2. The van der Waals surface area contributed by atoms with Crippen LogP contribution in [0, 0.1) is 17.8 Å². The van der Waals surface area contributed by atoms with Gasteiger partial charge in [0.2, 0.25) is 0 Å². The molecule has 9 rings (SSSR count). The summed E-state index contributed by atoms with van der Waals surface area (Å²) in [6, 6.07) is 0.348. The van der Waals surface area contributed by atoms with Crippen molar-refractivity contribution >= 4 is 11.4 Å². The van der Waals surface area contributed by atoms with Crippen molar-refractivity contribution in [2.24, 2.45) is 33.5 Å². The van der Waals surface area contributed by atoms with E-state index in [0.29, 0.717) is 5.92 Å². The summed E-state index contributed by atoms with van der Waals surface area (Å²) < 4.78 is 0. The van der Waals surface area contributed by atoms with Gasteiger partial charge in [-0.1, -0.05) is 109 Å². The van der Waals surface area contributed by atoms with Crippen molar-refractivity contribution in [1.82, 2.24) is 5.32 Å². The summed E-state index contributed by atoms with van der Waals surface area (Å²) >= 11 is 0. The molecule has 0 amide bonds. The normalized spacial score (nSPS) is 35.4. The molecule has 0 radical (unpaired) electrons. The van der Waals surface area contributed by atoms with Crippen LogP contribution in [-0.2, 0) is 0 Å². The molecule has 3 heterocycles. The Hall–Kier alpha value is -4.80. The van der Waals surface area contributed by atoms with Crippen molar-refractivity contribution < 1.29 is 0 Å².